The van der Waals surface area contributed by atoms with Crippen LogP contribution in [0.5, 0.6) is 5.75 Å². The molecule has 0 fully saturated rings. The molecule has 3 aromatic carbocycles. The minimum absolute atomic E-state index is 0.168. The second kappa shape index (κ2) is 10.3. The third-order valence-corrected chi connectivity index (χ3v) is 4.88. The van der Waals surface area contributed by atoms with Gasteiger partial charge in [-0.3, -0.25) is 9.59 Å². The molecule has 0 heterocycles. The number of ether oxygens (including phenoxy) is 1. The van der Waals surface area contributed by atoms with Gasteiger partial charge in [0.2, 0.25) is 0 Å². The third-order valence-electron chi connectivity index (χ3n) is 4.15. The molecule has 2 N–H and O–H groups in total. The first-order chi connectivity index (χ1) is 14.2. The summed E-state index contributed by atoms with van der Waals surface area (Å²) in [5.74, 6) is -0.179. The highest BCUT2D eigenvalue weighted by Crippen LogP contribution is 2.22. The number of nitrogens with one attached hydrogen (secondary N) is 2. The van der Waals surface area contributed by atoms with Gasteiger partial charge in [-0.15, -0.1) is 11.8 Å². The van der Waals surface area contributed by atoms with Gasteiger partial charge in [-0.1, -0.05) is 48.5 Å². The van der Waals surface area contributed by atoms with E-state index in [1.165, 1.54) is 0 Å². The number of amides is 2. The third kappa shape index (κ3) is 6.12. The molecule has 0 spiro atoms. The largest absolute Gasteiger partial charge is 0.483 e. The van der Waals surface area contributed by atoms with Crippen molar-refractivity contribution in [3.05, 3.63) is 90.0 Å². The van der Waals surface area contributed by atoms with E-state index in [0.29, 0.717) is 23.5 Å². The van der Waals surface area contributed by atoms with Crippen LogP contribution in [0.3, 0.4) is 0 Å². The Morgan fingerprint density at radius 3 is 2.48 bits per heavy atom. The van der Waals surface area contributed by atoms with Gasteiger partial charge in [0, 0.05) is 17.1 Å². The van der Waals surface area contributed by atoms with E-state index in [9.17, 15) is 9.59 Å². The SMILES string of the molecule is CSc1cccc(NC(=O)c2ccccc2OCC(=O)NCc2ccccc2)c1. The predicted octanol–water partition coefficient (Wildman–Crippen LogP) is 4.36. The Balaban J connectivity index is 1.59. The van der Waals surface area contributed by atoms with Gasteiger partial charge < -0.3 is 15.4 Å². The van der Waals surface area contributed by atoms with Crippen LogP contribution >= 0.6 is 11.8 Å². The zero-order valence-electron chi connectivity index (χ0n) is 16.1. The summed E-state index contributed by atoms with van der Waals surface area (Å²) in [6, 6.07) is 24.1. The molecule has 2 amide bonds. The van der Waals surface area contributed by atoms with Crippen molar-refractivity contribution < 1.29 is 14.3 Å². The van der Waals surface area contributed by atoms with Gasteiger partial charge in [0.05, 0.1) is 5.56 Å². The Hall–Kier alpha value is -3.25. The summed E-state index contributed by atoms with van der Waals surface area (Å²) in [4.78, 5) is 25.8. The predicted molar refractivity (Wildman–Crippen MR) is 116 cm³/mol. The number of carbonyl (C=O) groups excluding carboxylic acids is 2. The average molecular weight is 407 g/mol. The molecular formula is C23H22N2O3S. The van der Waals surface area contributed by atoms with Gasteiger partial charge in [0.1, 0.15) is 5.75 Å². The molecule has 0 saturated carbocycles. The van der Waals surface area contributed by atoms with Crippen molar-refractivity contribution >= 4 is 29.3 Å². The fourth-order valence-corrected chi connectivity index (χ4v) is 3.13. The number of rotatable bonds is 8. The Bertz CT molecular complexity index is 977. The molecular weight excluding hydrogens is 384 g/mol. The van der Waals surface area contributed by atoms with E-state index in [4.69, 9.17) is 4.74 Å². The van der Waals surface area contributed by atoms with Crippen molar-refractivity contribution in [2.45, 2.75) is 11.4 Å². The Morgan fingerprint density at radius 1 is 0.931 bits per heavy atom. The molecule has 6 heteroatoms. The van der Waals surface area contributed by atoms with Gasteiger partial charge in [-0.2, -0.15) is 0 Å². The zero-order valence-corrected chi connectivity index (χ0v) is 16.9. The lowest BCUT2D eigenvalue weighted by Crippen LogP contribution is -2.28. The molecule has 0 aliphatic heterocycles. The van der Waals surface area contributed by atoms with Crippen molar-refractivity contribution in [2.24, 2.45) is 0 Å². The maximum absolute atomic E-state index is 12.7. The van der Waals surface area contributed by atoms with Crippen LogP contribution in [0.15, 0.2) is 83.8 Å². The lowest BCUT2D eigenvalue weighted by atomic mass is 10.2. The molecule has 3 aromatic rings. The second-order valence-electron chi connectivity index (χ2n) is 6.23. The molecule has 0 atom stereocenters. The maximum atomic E-state index is 12.7. The molecule has 5 nitrogen and oxygen atoms in total. The lowest BCUT2D eigenvalue weighted by Gasteiger charge is -2.12. The number of para-hydroxylation sites is 1. The van der Waals surface area contributed by atoms with Gasteiger partial charge in [-0.05, 0) is 42.2 Å². The molecule has 29 heavy (non-hydrogen) atoms. The van der Waals surface area contributed by atoms with Crippen LogP contribution in [0.1, 0.15) is 15.9 Å². The lowest BCUT2D eigenvalue weighted by molar-refractivity contribution is -0.123. The molecule has 0 aliphatic carbocycles. The molecule has 0 unspecified atom stereocenters. The zero-order chi connectivity index (χ0) is 20.5. The summed E-state index contributed by atoms with van der Waals surface area (Å²) in [6.45, 7) is 0.260. The van der Waals surface area contributed by atoms with Gasteiger partial charge in [0.25, 0.3) is 11.8 Å². The van der Waals surface area contributed by atoms with Crippen molar-refractivity contribution in [3.8, 4) is 5.75 Å². The van der Waals surface area contributed by atoms with Crippen molar-refractivity contribution in [3.63, 3.8) is 0 Å². The number of hydrogen-bond donors (Lipinski definition) is 2. The Morgan fingerprint density at radius 2 is 1.69 bits per heavy atom. The van der Waals surface area contributed by atoms with E-state index in [0.717, 1.165) is 10.5 Å². The van der Waals surface area contributed by atoms with E-state index < -0.39 is 0 Å². The number of thioether (sulfide) groups is 1. The summed E-state index contributed by atoms with van der Waals surface area (Å²) in [5, 5.41) is 5.68. The van der Waals surface area contributed by atoms with Crippen LogP contribution in [0.4, 0.5) is 5.69 Å². The molecule has 0 saturated heterocycles. The number of carbonyl (C=O) groups is 2. The Labute approximate surface area is 174 Å². The summed E-state index contributed by atoms with van der Waals surface area (Å²) in [7, 11) is 0. The van der Waals surface area contributed by atoms with E-state index in [1.54, 1.807) is 36.0 Å². The van der Waals surface area contributed by atoms with E-state index in [1.807, 2.05) is 60.9 Å². The molecule has 0 radical (unpaired) electrons. The highest BCUT2D eigenvalue weighted by molar-refractivity contribution is 7.98. The van der Waals surface area contributed by atoms with Crippen LogP contribution in [0.25, 0.3) is 0 Å². The van der Waals surface area contributed by atoms with Gasteiger partial charge in [-0.25, -0.2) is 0 Å². The van der Waals surface area contributed by atoms with Crippen LogP contribution < -0.4 is 15.4 Å². The van der Waals surface area contributed by atoms with Crippen LogP contribution in [0.2, 0.25) is 0 Å². The minimum Gasteiger partial charge on any atom is -0.483 e. The van der Waals surface area contributed by atoms with Crippen LogP contribution in [-0.2, 0) is 11.3 Å². The summed E-state index contributed by atoms with van der Waals surface area (Å²) in [6.07, 6.45) is 1.98. The highest BCUT2D eigenvalue weighted by atomic mass is 32.2. The normalized spacial score (nSPS) is 10.2. The van der Waals surface area contributed by atoms with E-state index in [2.05, 4.69) is 10.6 Å². The fourth-order valence-electron chi connectivity index (χ4n) is 2.67. The molecule has 0 bridgehead atoms. The number of hydrogen-bond acceptors (Lipinski definition) is 4. The first kappa shape index (κ1) is 20.5. The smallest absolute Gasteiger partial charge is 0.259 e. The Kier molecular flexibility index (Phi) is 7.30. The van der Waals surface area contributed by atoms with E-state index >= 15 is 0 Å². The maximum Gasteiger partial charge on any atom is 0.259 e. The monoisotopic (exact) mass is 406 g/mol. The minimum atomic E-state index is -0.288. The summed E-state index contributed by atoms with van der Waals surface area (Å²) in [5.41, 5.74) is 2.09. The summed E-state index contributed by atoms with van der Waals surface area (Å²) < 4.78 is 5.61. The summed E-state index contributed by atoms with van der Waals surface area (Å²) >= 11 is 1.60. The standard InChI is InChI=1S/C23H22N2O3S/c1-29-19-11-7-10-18(14-19)25-23(27)20-12-5-6-13-21(20)28-16-22(26)24-15-17-8-3-2-4-9-17/h2-14H,15-16H2,1H3,(H,24,26)(H,25,27). The molecule has 0 aliphatic rings. The average Bonchev–Trinajstić information content (AvgIpc) is 2.77. The van der Waals surface area contributed by atoms with Crippen LogP contribution in [0, 0.1) is 0 Å². The number of anilines is 1. The highest BCUT2D eigenvalue weighted by Gasteiger charge is 2.14. The fraction of sp³-hybridized carbons (Fsp3) is 0.130. The molecule has 3 rings (SSSR count). The molecule has 0 aromatic heterocycles. The first-order valence-corrected chi connectivity index (χ1v) is 10.4. The van der Waals surface area contributed by atoms with Crippen molar-refractivity contribution in [1.82, 2.24) is 5.32 Å². The second-order valence-corrected chi connectivity index (χ2v) is 7.11. The number of benzene rings is 3. The molecule has 148 valence electrons. The topological polar surface area (TPSA) is 67.4 Å². The van der Waals surface area contributed by atoms with E-state index in [-0.39, 0.29) is 18.4 Å². The van der Waals surface area contributed by atoms with Gasteiger partial charge in [0.15, 0.2) is 6.61 Å². The van der Waals surface area contributed by atoms with Gasteiger partial charge >= 0.3 is 0 Å². The first-order valence-electron chi connectivity index (χ1n) is 9.13. The quantitative estimate of drug-likeness (QED) is 0.546. The van der Waals surface area contributed by atoms with Crippen molar-refractivity contribution in [2.75, 3.05) is 18.2 Å². The van der Waals surface area contributed by atoms with Crippen LogP contribution in [-0.4, -0.2) is 24.7 Å². The van der Waals surface area contributed by atoms with Crippen molar-refractivity contribution in [1.29, 1.82) is 0 Å².